The molecule has 1 saturated heterocycles. The normalized spacial score (nSPS) is 15.9. The van der Waals surface area contributed by atoms with E-state index in [0.29, 0.717) is 38.4 Å². The van der Waals surface area contributed by atoms with Gasteiger partial charge in [0.15, 0.2) is 0 Å². The Hall–Kier alpha value is -2.68. The molecule has 1 fully saturated rings. The first-order valence-electron chi connectivity index (χ1n) is 8.07. The number of alkyl halides is 3. The summed E-state index contributed by atoms with van der Waals surface area (Å²) in [6.45, 7) is 3.12. The van der Waals surface area contributed by atoms with Gasteiger partial charge in [0.1, 0.15) is 5.56 Å². The van der Waals surface area contributed by atoms with E-state index in [4.69, 9.17) is 0 Å². The molecule has 6 nitrogen and oxygen atoms in total. The van der Waals surface area contributed by atoms with E-state index in [2.05, 4.69) is 9.88 Å². The summed E-state index contributed by atoms with van der Waals surface area (Å²) in [6, 6.07) is 8.85. The Morgan fingerprint density at radius 3 is 2.42 bits per heavy atom. The molecule has 0 N–H and O–H groups in total. The van der Waals surface area contributed by atoms with Gasteiger partial charge in [-0.2, -0.15) is 13.2 Å². The molecule has 2 heterocycles. The molecule has 138 valence electrons. The van der Waals surface area contributed by atoms with E-state index in [0.717, 1.165) is 17.8 Å². The van der Waals surface area contributed by atoms with Crippen molar-refractivity contribution < 1.29 is 18.1 Å². The van der Waals surface area contributed by atoms with Gasteiger partial charge >= 0.3 is 6.18 Å². The van der Waals surface area contributed by atoms with E-state index in [1.54, 1.807) is 6.20 Å². The second-order valence-electron chi connectivity index (χ2n) is 6.04. The van der Waals surface area contributed by atoms with E-state index in [1.165, 1.54) is 6.07 Å². The van der Waals surface area contributed by atoms with Crippen LogP contribution in [0.4, 0.5) is 24.5 Å². The number of pyridine rings is 1. The van der Waals surface area contributed by atoms with Gasteiger partial charge in [0.05, 0.1) is 10.6 Å². The van der Waals surface area contributed by atoms with Crippen molar-refractivity contribution in [3.63, 3.8) is 0 Å². The molecule has 1 aliphatic rings. The van der Waals surface area contributed by atoms with Crippen LogP contribution in [0.1, 0.15) is 11.3 Å². The summed E-state index contributed by atoms with van der Waals surface area (Å²) in [5.74, 6) is 0. The molecule has 1 aromatic carbocycles. The summed E-state index contributed by atoms with van der Waals surface area (Å²) in [7, 11) is 0. The highest BCUT2D eigenvalue weighted by atomic mass is 19.4. The molecule has 0 spiro atoms. The standard InChI is InChI=1S/C17H17F3N4O2/c18-17(19,20)15-11-14(4-5-16(15)24(25)26)23-9-7-22(8-10-23)12-13-3-1-2-6-21-13/h1-6,11H,7-10,12H2. The third-order valence-electron chi connectivity index (χ3n) is 4.33. The number of anilines is 1. The zero-order valence-corrected chi connectivity index (χ0v) is 13.8. The molecule has 0 unspecified atom stereocenters. The maximum Gasteiger partial charge on any atom is 0.423 e. The molecule has 1 aromatic heterocycles. The van der Waals surface area contributed by atoms with Crippen molar-refractivity contribution in [1.29, 1.82) is 0 Å². The molecule has 3 rings (SSSR count). The lowest BCUT2D eigenvalue weighted by molar-refractivity contribution is -0.388. The second kappa shape index (κ2) is 7.28. The zero-order valence-electron chi connectivity index (χ0n) is 13.8. The number of benzene rings is 1. The Bertz CT molecular complexity index is 775. The quantitative estimate of drug-likeness (QED) is 0.614. The van der Waals surface area contributed by atoms with Crippen LogP contribution in [-0.4, -0.2) is 41.0 Å². The highest BCUT2D eigenvalue weighted by molar-refractivity contribution is 5.57. The molecule has 0 radical (unpaired) electrons. The van der Waals surface area contributed by atoms with Crippen molar-refractivity contribution in [1.82, 2.24) is 9.88 Å². The van der Waals surface area contributed by atoms with E-state index < -0.39 is 22.4 Å². The number of halogens is 3. The van der Waals surface area contributed by atoms with Crippen LogP contribution in [0.2, 0.25) is 0 Å². The Labute approximate surface area is 148 Å². The number of nitrogens with zero attached hydrogens (tertiary/aromatic N) is 4. The van der Waals surface area contributed by atoms with Crippen LogP contribution in [0.25, 0.3) is 0 Å². The number of nitro benzene ring substituents is 1. The first-order valence-corrected chi connectivity index (χ1v) is 8.07. The number of hydrogen-bond donors (Lipinski definition) is 0. The lowest BCUT2D eigenvalue weighted by Crippen LogP contribution is -2.46. The largest absolute Gasteiger partial charge is 0.423 e. The van der Waals surface area contributed by atoms with Gasteiger partial charge in [0.2, 0.25) is 0 Å². The van der Waals surface area contributed by atoms with Gasteiger partial charge in [-0.05, 0) is 24.3 Å². The van der Waals surface area contributed by atoms with Gasteiger partial charge in [-0.15, -0.1) is 0 Å². The van der Waals surface area contributed by atoms with Crippen molar-refractivity contribution in [2.45, 2.75) is 12.7 Å². The van der Waals surface area contributed by atoms with Crippen LogP contribution in [-0.2, 0) is 12.7 Å². The van der Waals surface area contributed by atoms with Gasteiger partial charge in [0, 0.05) is 50.7 Å². The van der Waals surface area contributed by atoms with E-state index in [1.807, 2.05) is 23.1 Å². The number of rotatable bonds is 4. The van der Waals surface area contributed by atoms with Crippen molar-refractivity contribution in [3.8, 4) is 0 Å². The fourth-order valence-corrected chi connectivity index (χ4v) is 2.99. The predicted molar refractivity (Wildman–Crippen MR) is 89.8 cm³/mol. The van der Waals surface area contributed by atoms with Crippen molar-refractivity contribution in [2.75, 3.05) is 31.1 Å². The zero-order chi connectivity index (χ0) is 18.7. The third-order valence-corrected chi connectivity index (χ3v) is 4.33. The molecule has 0 atom stereocenters. The van der Waals surface area contributed by atoms with Crippen molar-refractivity contribution in [3.05, 3.63) is 64.0 Å². The first-order chi connectivity index (χ1) is 12.3. The number of nitro groups is 1. The Morgan fingerprint density at radius 2 is 1.85 bits per heavy atom. The smallest absolute Gasteiger partial charge is 0.369 e. The SMILES string of the molecule is O=[N+]([O-])c1ccc(N2CCN(Cc3ccccn3)CC2)cc1C(F)(F)F. The molecule has 9 heteroatoms. The van der Waals surface area contributed by atoms with Crippen LogP contribution in [0.5, 0.6) is 0 Å². The van der Waals surface area contributed by atoms with E-state index in [9.17, 15) is 23.3 Å². The van der Waals surface area contributed by atoms with Gasteiger partial charge < -0.3 is 4.90 Å². The third kappa shape index (κ3) is 4.10. The fourth-order valence-electron chi connectivity index (χ4n) is 2.99. The molecule has 0 saturated carbocycles. The molecule has 0 bridgehead atoms. The maximum absolute atomic E-state index is 13.1. The summed E-state index contributed by atoms with van der Waals surface area (Å²) in [5, 5.41) is 10.9. The molecule has 26 heavy (non-hydrogen) atoms. The number of piperazine rings is 1. The average Bonchev–Trinajstić information content (AvgIpc) is 2.62. The molecular formula is C17H17F3N4O2. The molecule has 0 amide bonds. The highest BCUT2D eigenvalue weighted by Crippen LogP contribution is 2.38. The number of aromatic nitrogens is 1. The molecule has 0 aliphatic carbocycles. The lowest BCUT2D eigenvalue weighted by Gasteiger charge is -2.36. The maximum atomic E-state index is 13.1. The Kier molecular flexibility index (Phi) is 5.08. The molecule has 1 aliphatic heterocycles. The van der Waals surface area contributed by atoms with E-state index in [-0.39, 0.29) is 0 Å². The summed E-state index contributed by atoms with van der Waals surface area (Å²) < 4.78 is 39.4. The predicted octanol–water partition coefficient (Wildman–Crippen LogP) is 3.33. The van der Waals surface area contributed by atoms with Crippen LogP contribution in [0.15, 0.2) is 42.6 Å². The van der Waals surface area contributed by atoms with Crippen LogP contribution in [0.3, 0.4) is 0 Å². The van der Waals surface area contributed by atoms with Crippen molar-refractivity contribution >= 4 is 11.4 Å². The highest BCUT2D eigenvalue weighted by Gasteiger charge is 2.38. The van der Waals surface area contributed by atoms with Gasteiger partial charge in [-0.3, -0.25) is 20.0 Å². The summed E-state index contributed by atoms with van der Waals surface area (Å²) in [4.78, 5) is 18.1. The topological polar surface area (TPSA) is 62.5 Å². The van der Waals surface area contributed by atoms with Crippen LogP contribution in [0, 0.1) is 10.1 Å². The van der Waals surface area contributed by atoms with Gasteiger partial charge in [0.25, 0.3) is 5.69 Å². The Morgan fingerprint density at radius 1 is 1.12 bits per heavy atom. The minimum atomic E-state index is -4.76. The Balaban J connectivity index is 1.70. The lowest BCUT2D eigenvalue weighted by atomic mass is 10.1. The first kappa shape index (κ1) is 18.1. The van der Waals surface area contributed by atoms with E-state index >= 15 is 0 Å². The minimum absolute atomic E-state index is 0.348. The number of hydrogen-bond acceptors (Lipinski definition) is 5. The molecule has 2 aromatic rings. The second-order valence-corrected chi connectivity index (χ2v) is 6.04. The van der Waals surface area contributed by atoms with Gasteiger partial charge in [-0.1, -0.05) is 6.07 Å². The molecular weight excluding hydrogens is 349 g/mol. The van der Waals surface area contributed by atoms with Crippen LogP contribution >= 0.6 is 0 Å². The van der Waals surface area contributed by atoms with Gasteiger partial charge in [-0.25, -0.2) is 0 Å². The average molecular weight is 366 g/mol. The minimum Gasteiger partial charge on any atom is -0.369 e. The fraction of sp³-hybridized carbons (Fsp3) is 0.353. The summed E-state index contributed by atoms with van der Waals surface area (Å²) in [6.07, 6.45) is -3.04. The summed E-state index contributed by atoms with van der Waals surface area (Å²) >= 11 is 0. The van der Waals surface area contributed by atoms with Crippen molar-refractivity contribution in [2.24, 2.45) is 0 Å². The van der Waals surface area contributed by atoms with Crippen LogP contribution < -0.4 is 4.90 Å². The summed E-state index contributed by atoms with van der Waals surface area (Å²) in [5.41, 5.74) is -0.845. The monoisotopic (exact) mass is 366 g/mol.